The number of hydrogen-bond acceptors (Lipinski definition) is 2. The zero-order chi connectivity index (χ0) is 8.15. The zero-order valence-corrected chi connectivity index (χ0v) is 7.91. The van der Waals surface area contributed by atoms with Gasteiger partial charge in [-0.25, -0.2) is 0 Å². The fourth-order valence-corrected chi connectivity index (χ4v) is 2.58. The highest BCUT2D eigenvalue weighted by molar-refractivity contribution is 7.96. The molecule has 0 saturated heterocycles. The topological polar surface area (TPSA) is 37.3 Å². The molecule has 60 valence electrons. The van der Waals surface area contributed by atoms with Gasteiger partial charge in [0.05, 0.1) is 24.2 Å². The fraction of sp³-hybridized carbons (Fsp3) is 0.833. The Morgan fingerprint density at radius 3 is 2.50 bits per heavy atom. The van der Waals surface area contributed by atoms with E-state index in [1.165, 1.54) is 0 Å². The normalized spacial score (nSPS) is 13.6. The van der Waals surface area contributed by atoms with Crippen LogP contribution in [0.15, 0.2) is 0 Å². The molecule has 2 nitrogen and oxygen atoms in total. The summed E-state index contributed by atoms with van der Waals surface area (Å²) in [4.78, 5) is 10.1. The van der Waals surface area contributed by atoms with Crippen LogP contribution in [0, 0.1) is 0 Å². The number of thiol groups is 1. The SMILES string of the molecule is C[S+](C)CC(S)CC(=O)O. The van der Waals surface area contributed by atoms with Crippen molar-refractivity contribution in [3.8, 4) is 0 Å². The summed E-state index contributed by atoms with van der Waals surface area (Å²) < 4.78 is 0. The van der Waals surface area contributed by atoms with Gasteiger partial charge in [0.2, 0.25) is 0 Å². The molecule has 0 heterocycles. The number of carbonyl (C=O) groups is 1. The van der Waals surface area contributed by atoms with Gasteiger partial charge in [-0.05, 0) is 10.9 Å². The number of carboxylic acid groups (broad SMARTS) is 1. The molecule has 1 N–H and O–H groups in total. The average molecular weight is 181 g/mol. The standard InChI is InChI=1S/C6H12O2S2/c1-10(2)4-5(9)3-6(7)8/h5H,3-4H2,1-2H3,(H-,7,8,9)/p+1. The molecule has 0 bridgehead atoms. The first-order valence-electron chi connectivity index (χ1n) is 2.96. The van der Waals surface area contributed by atoms with Gasteiger partial charge in [0.1, 0.15) is 5.75 Å². The number of carboxylic acids is 1. The van der Waals surface area contributed by atoms with E-state index in [1.807, 2.05) is 0 Å². The molecule has 0 aromatic heterocycles. The van der Waals surface area contributed by atoms with Gasteiger partial charge in [-0.1, -0.05) is 0 Å². The van der Waals surface area contributed by atoms with Gasteiger partial charge in [-0.3, -0.25) is 4.79 Å². The van der Waals surface area contributed by atoms with Crippen molar-refractivity contribution in [3.05, 3.63) is 0 Å². The molecule has 0 amide bonds. The minimum absolute atomic E-state index is 0.0239. The minimum atomic E-state index is -0.759. The van der Waals surface area contributed by atoms with Crippen LogP contribution in [0.2, 0.25) is 0 Å². The molecule has 0 aliphatic heterocycles. The van der Waals surface area contributed by atoms with Gasteiger partial charge < -0.3 is 5.11 Å². The molecule has 4 heteroatoms. The largest absolute Gasteiger partial charge is 0.481 e. The summed E-state index contributed by atoms with van der Waals surface area (Å²) in [5, 5.41) is 8.37. The van der Waals surface area contributed by atoms with Crippen LogP contribution in [-0.2, 0) is 15.7 Å². The van der Waals surface area contributed by atoms with Crippen molar-refractivity contribution in [2.45, 2.75) is 11.7 Å². The van der Waals surface area contributed by atoms with Crippen molar-refractivity contribution >= 4 is 29.5 Å². The van der Waals surface area contributed by atoms with Crippen LogP contribution in [0.5, 0.6) is 0 Å². The lowest BCUT2D eigenvalue weighted by molar-refractivity contribution is -0.136. The molecule has 0 saturated carbocycles. The third kappa shape index (κ3) is 6.29. The third-order valence-corrected chi connectivity index (χ3v) is 2.62. The summed E-state index contributed by atoms with van der Waals surface area (Å²) in [6, 6.07) is 0. The lowest BCUT2D eigenvalue weighted by atomic mass is 10.3. The van der Waals surface area contributed by atoms with Crippen molar-refractivity contribution < 1.29 is 9.90 Å². The van der Waals surface area contributed by atoms with Crippen LogP contribution in [-0.4, -0.2) is 34.6 Å². The summed E-state index contributed by atoms with van der Waals surface area (Å²) in [5.41, 5.74) is 0. The van der Waals surface area contributed by atoms with Gasteiger partial charge in [-0.2, -0.15) is 12.6 Å². The van der Waals surface area contributed by atoms with Gasteiger partial charge in [0.25, 0.3) is 0 Å². The van der Waals surface area contributed by atoms with Crippen molar-refractivity contribution in [2.75, 3.05) is 18.3 Å². The summed E-state index contributed by atoms with van der Waals surface area (Å²) in [5.74, 6) is 0.139. The highest BCUT2D eigenvalue weighted by Gasteiger charge is 2.14. The minimum Gasteiger partial charge on any atom is -0.481 e. The Morgan fingerprint density at radius 2 is 2.20 bits per heavy atom. The fourth-order valence-electron chi connectivity index (χ4n) is 0.645. The van der Waals surface area contributed by atoms with Crippen LogP contribution < -0.4 is 0 Å². The van der Waals surface area contributed by atoms with E-state index in [-0.39, 0.29) is 11.7 Å². The van der Waals surface area contributed by atoms with Crippen molar-refractivity contribution in [3.63, 3.8) is 0 Å². The molecule has 10 heavy (non-hydrogen) atoms. The molecule has 0 radical (unpaired) electrons. The Morgan fingerprint density at radius 1 is 1.70 bits per heavy atom. The Hall–Kier alpha value is 0.170. The van der Waals surface area contributed by atoms with Crippen LogP contribution in [0.4, 0.5) is 0 Å². The van der Waals surface area contributed by atoms with E-state index < -0.39 is 5.97 Å². The second kappa shape index (κ2) is 4.91. The quantitative estimate of drug-likeness (QED) is 0.493. The van der Waals surface area contributed by atoms with Crippen LogP contribution >= 0.6 is 12.6 Å². The first-order valence-corrected chi connectivity index (χ1v) is 5.69. The lowest BCUT2D eigenvalue weighted by Crippen LogP contribution is -2.17. The molecule has 0 aromatic carbocycles. The molecule has 1 atom stereocenters. The van der Waals surface area contributed by atoms with E-state index in [0.29, 0.717) is 10.9 Å². The maximum Gasteiger partial charge on any atom is 0.304 e. The van der Waals surface area contributed by atoms with Crippen molar-refractivity contribution in [1.29, 1.82) is 0 Å². The van der Waals surface area contributed by atoms with E-state index in [2.05, 4.69) is 25.1 Å². The Balaban J connectivity index is 3.43. The molecule has 0 rings (SSSR count). The monoisotopic (exact) mass is 181 g/mol. The summed E-state index contributed by atoms with van der Waals surface area (Å²) in [6.45, 7) is 0. The van der Waals surface area contributed by atoms with Gasteiger partial charge in [0, 0.05) is 0 Å². The summed E-state index contributed by atoms with van der Waals surface area (Å²) in [6.07, 6.45) is 4.35. The Bertz CT molecular complexity index is 114. The molecule has 0 aliphatic rings. The summed E-state index contributed by atoms with van der Waals surface area (Å²) in [7, 11) is 0.298. The molecular formula is C6H13O2S2+. The first kappa shape index (κ1) is 10.2. The van der Waals surface area contributed by atoms with E-state index in [0.717, 1.165) is 5.75 Å². The molecule has 0 spiro atoms. The number of aliphatic carboxylic acids is 1. The van der Waals surface area contributed by atoms with Gasteiger partial charge in [-0.15, -0.1) is 0 Å². The highest BCUT2D eigenvalue weighted by atomic mass is 32.2. The molecule has 0 aliphatic carbocycles. The van der Waals surface area contributed by atoms with E-state index >= 15 is 0 Å². The molecular weight excluding hydrogens is 168 g/mol. The zero-order valence-electron chi connectivity index (χ0n) is 6.20. The second-order valence-electron chi connectivity index (χ2n) is 2.40. The molecule has 0 aromatic rings. The van der Waals surface area contributed by atoms with Crippen LogP contribution in [0.3, 0.4) is 0 Å². The third-order valence-electron chi connectivity index (χ3n) is 0.936. The van der Waals surface area contributed by atoms with Crippen molar-refractivity contribution in [2.24, 2.45) is 0 Å². The highest BCUT2D eigenvalue weighted by Crippen LogP contribution is 2.04. The van der Waals surface area contributed by atoms with Gasteiger partial charge >= 0.3 is 5.97 Å². The summed E-state index contributed by atoms with van der Waals surface area (Å²) >= 11 is 4.13. The predicted octanol–water partition coefficient (Wildman–Crippen LogP) is 0.637. The Labute approximate surface area is 69.8 Å². The smallest absolute Gasteiger partial charge is 0.304 e. The maximum atomic E-state index is 10.1. The maximum absolute atomic E-state index is 10.1. The second-order valence-corrected chi connectivity index (χ2v) is 5.44. The van der Waals surface area contributed by atoms with E-state index in [1.54, 1.807) is 0 Å². The molecule has 0 fully saturated rings. The number of hydrogen-bond donors (Lipinski definition) is 2. The first-order chi connectivity index (χ1) is 4.52. The van der Waals surface area contributed by atoms with Gasteiger partial charge in [0.15, 0.2) is 0 Å². The van der Waals surface area contributed by atoms with E-state index in [4.69, 9.17) is 5.11 Å². The molecule has 1 unspecified atom stereocenters. The van der Waals surface area contributed by atoms with Crippen LogP contribution in [0.25, 0.3) is 0 Å². The predicted molar refractivity (Wildman–Crippen MR) is 49.1 cm³/mol. The number of rotatable bonds is 4. The lowest BCUT2D eigenvalue weighted by Gasteiger charge is -2.03. The van der Waals surface area contributed by atoms with E-state index in [9.17, 15) is 4.79 Å². The Kier molecular flexibility index (Phi) is 4.99. The van der Waals surface area contributed by atoms with Crippen LogP contribution in [0.1, 0.15) is 6.42 Å². The average Bonchev–Trinajstić information content (AvgIpc) is 1.58. The van der Waals surface area contributed by atoms with Crippen molar-refractivity contribution in [1.82, 2.24) is 0 Å².